The Labute approximate surface area is 154 Å². The van der Waals surface area contributed by atoms with Crippen molar-refractivity contribution in [3.8, 4) is 0 Å². The first-order valence-corrected chi connectivity index (χ1v) is 8.69. The zero-order valence-corrected chi connectivity index (χ0v) is 16.6. The summed E-state index contributed by atoms with van der Waals surface area (Å²) in [4.78, 5) is 12.9. The second-order valence-electron chi connectivity index (χ2n) is 6.36. The van der Waals surface area contributed by atoms with Crippen LogP contribution in [0, 0.1) is 48.5 Å². The topological polar surface area (TPSA) is 17.1 Å². The summed E-state index contributed by atoms with van der Waals surface area (Å²) in [6, 6.07) is 6.47. The molecule has 23 heavy (non-hydrogen) atoms. The third-order valence-electron chi connectivity index (χ3n) is 4.50. The van der Waals surface area contributed by atoms with Crippen LogP contribution in [0.2, 0.25) is 0 Å². The molecule has 1 atom stereocenters. The number of rotatable bonds is 3. The minimum atomic E-state index is 0. The van der Waals surface area contributed by atoms with Gasteiger partial charge in [-0.1, -0.05) is 23.8 Å². The van der Waals surface area contributed by atoms with Gasteiger partial charge in [0.05, 0.1) is 0 Å². The number of hydrogen-bond acceptors (Lipinski definition) is 1. The molecule has 0 aromatic heterocycles. The predicted octanol–water partition coefficient (Wildman–Crippen LogP) is 4.61. The van der Waals surface area contributed by atoms with Gasteiger partial charge >= 0.3 is 0 Å². The molecule has 0 aliphatic heterocycles. The molecule has 1 unspecified atom stereocenters. The van der Waals surface area contributed by atoms with Crippen molar-refractivity contribution in [3.05, 3.63) is 62.7 Å². The molecule has 2 aromatic rings. The molecule has 0 saturated carbocycles. The molecule has 117 valence electrons. The minimum absolute atomic E-state index is 0. The zero-order chi connectivity index (χ0) is 16.6. The van der Waals surface area contributed by atoms with E-state index in [0.29, 0.717) is 0 Å². The molecule has 3 heteroatoms. The van der Waals surface area contributed by atoms with Gasteiger partial charge in [0.2, 0.25) is 0 Å². The number of hydrogen-bond donors (Lipinski definition) is 0. The smallest absolute Gasteiger partial charge is 0.186 e. The van der Waals surface area contributed by atoms with E-state index in [-0.39, 0.29) is 33.0 Å². The van der Waals surface area contributed by atoms with Gasteiger partial charge in [-0.15, -0.1) is 0 Å². The Balaban J connectivity index is 0.00000264. The first-order valence-electron chi connectivity index (χ1n) is 7.69. The first kappa shape index (κ1) is 20.2. The second-order valence-corrected chi connectivity index (χ2v) is 7.57. The standard InChI is InChI=1S/C20H25OP.Li/c1-11-8-14(4)19(15(5)9-11)22-20(21)18-13(3)10-12(2)16(6)17(18)7;/h8-10,22H,1-7H3;. The largest absolute Gasteiger partial charge is 0.289 e. The van der Waals surface area contributed by atoms with Gasteiger partial charge in [-0.3, -0.25) is 4.79 Å². The van der Waals surface area contributed by atoms with E-state index in [9.17, 15) is 4.79 Å². The molecular formula is C20H25LiOP. The van der Waals surface area contributed by atoms with Crippen LogP contribution in [0.5, 0.6) is 0 Å². The van der Waals surface area contributed by atoms with Gasteiger partial charge in [-0.25, -0.2) is 0 Å². The van der Waals surface area contributed by atoms with Crippen LogP contribution in [0.4, 0.5) is 0 Å². The van der Waals surface area contributed by atoms with Gasteiger partial charge < -0.3 is 0 Å². The van der Waals surface area contributed by atoms with E-state index in [2.05, 4.69) is 59.7 Å². The van der Waals surface area contributed by atoms with E-state index in [0.717, 1.165) is 16.7 Å². The van der Waals surface area contributed by atoms with E-state index in [4.69, 9.17) is 0 Å². The maximum Gasteiger partial charge on any atom is 0.186 e. The molecule has 0 bridgehead atoms. The molecule has 1 radical (unpaired) electrons. The molecule has 0 aliphatic carbocycles. The molecule has 2 aromatic carbocycles. The number of carbonyl (C=O) groups is 1. The molecule has 0 N–H and O–H groups in total. The molecule has 0 saturated heterocycles. The Morgan fingerprint density at radius 2 is 1.26 bits per heavy atom. The van der Waals surface area contributed by atoms with Crippen LogP contribution in [0.15, 0.2) is 18.2 Å². The average molecular weight is 319 g/mol. The van der Waals surface area contributed by atoms with Crippen molar-refractivity contribution in [2.75, 3.05) is 0 Å². The van der Waals surface area contributed by atoms with Gasteiger partial charge in [0.15, 0.2) is 5.52 Å². The quantitative estimate of drug-likeness (QED) is 0.596. The summed E-state index contributed by atoms with van der Waals surface area (Å²) in [5.41, 5.74) is 9.61. The van der Waals surface area contributed by atoms with E-state index >= 15 is 0 Å². The van der Waals surface area contributed by atoms with Gasteiger partial charge in [0.1, 0.15) is 0 Å². The SMILES string of the molecule is Cc1cc(C)c(PC(=O)c2c(C)cc(C)c(C)c2C)c(C)c1.[Li]. The average Bonchev–Trinajstić information content (AvgIpc) is 2.40. The fraction of sp³-hybridized carbons (Fsp3) is 0.350. The summed E-state index contributed by atoms with van der Waals surface area (Å²) in [6.45, 7) is 14.7. The van der Waals surface area contributed by atoms with Crippen molar-refractivity contribution in [2.45, 2.75) is 48.5 Å². The molecule has 0 amide bonds. The number of benzene rings is 2. The summed E-state index contributed by atoms with van der Waals surface area (Å²) >= 11 is 0. The number of aryl methyl sites for hydroxylation is 5. The molecule has 1 nitrogen and oxygen atoms in total. The molecule has 0 aliphatic rings. The van der Waals surface area contributed by atoms with Crippen LogP contribution < -0.4 is 5.30 Å². The second kappa shape index (κ2) is 7.81. The summed E-state index contributed by atoms with van der Waals surface area (Å²) in [7, 11) is 0.197. The molecule has 0 heterocycles. The van der Waals surface area contributed by atoms with Crippen molar-refractivity contribution < 1.29 is 4.79 Å². The van der Waals surface area contributed by atoms with Crippen molar-refractivity contribution >= 4 is 38.3 Å². The minimum Gasteiger partial charge on any atom is -0.289 e. The van der Waals surface area contributed by atoms with Gasteiger partial charge in [-0.2, -0.15) is 0 Å². The van der Waals surface area contributed by atoms with E-state index in [1.165, 1.54) is 33.1 Å². The van der Waals surface area contributed by atoms with E-state index < -0.39 is 0 Å². The summed E-state index contributed by atoms with van der Waals surface area (Å²) in [5.74, 6) is 0. The third kappa shape index (κ3) is 4.16. The summed E-state index contributed by atoms with van der Waals surface area (Å²) < 4.78 is 0. The van der Waals surface area contributed by atoms with Crippen LogP contribution in [-0.2, 0) is 0 Å². The van der Waals surface area contributed by atoms with Crippen molar-refractivity contribution in [3.63, 3.8) is 0 Å². The van der Waals surface area contributed by atoms with Crippen molar-refractivity contribution in [1.29, 1.82) is 0 Å². The Kier molecular flexibility index (Phi) is 6.85. The molecule has 2 rings (SSSR count). The fourth-order valence-electron chi connectivity index (χ4n) is 3.19. The third-order valence-corrected chi connectivity index (χ3v) is 6.01. The van der Waals surface area contributed by atoms with Crippen molar-refractivity contribution in [2.24, 2.45) is 0 Å². The van der Waals surface area contributed by atoms with Crippen LogP contribution in [0.1, 0.15) is 49.3 Å². The zero-order valence-electron chi connectivity index (χ0n) is 15.6. The molecule has 0 spiro atoms. The van der Waals surface area contributed by atoms with E-state index in [1.807, 2.05) is 6.92 Å². The Hall–Kier alpha value is -0.863. The van der Waals surface area contributed by atoms with Gasteiger partial charge in [0, 0.05) is 24.4 Å². The maximum atomic E-state index is 12.9. The van der Waals surface area contributed by atoms with Gasteiger partial charge in [-0.05, 0) is 95.7 Å². The Morgan fingerprint density at radius 3 is 1.78 bits per heavy atom. The summed E-state index contributed by atoms with van der Waals surface area (Å²) in [6.07, 6.45) is 0. The normalized spacial score (nSPS) is 10.9. The van der Waals surface area contributed by atoms with Crippen LogP contribution in [0.25, 0.3) is 0 Å². The van der Waals surface area contributed by atoms with E-state index in [1.54, 1.807) is 0 Å². The van der Waals surface area contributed by atoms with Crippen molar-refractivity contribution in [1.82, 2.24) is 0 Å². The Bertz CT molecular complexity index is 740. The molecular weight excluding hydrogens is 294 g/mol. The fourth-order valence-corrected chi connectivity index (χ4v) is 4.46. The maximum absolute atomic E-state index is 12.9. The molecule has 0 fully saturated rings. The summed E-state index contributed by atoms with van der Waals surface area (Å²) in [5, 5.41) is 1.20. The number of carbonyl (C=O) groups excluding carboxylic acids is 1. The van der Waals surface area contributed by atoms with Crippen LogP contribution in [0.3, 0.4) is 0 Å². The van der Waals surface area contributed by atoms with Crippen LogP contribution >= 0.6 is 8.58 Å². The monoisotopic (exact) mass is 319 g/mol. The Morgan fingerprint density at radius 1 is 0.739 bits per heavy atom. The first-order chi connectivity index (χ1) is 10.2. The van der Waals surface area contributed by atoms with Gasteiger partial charge in [0.25, 0.3) is 0 Å². The van der Waals surface area contributed by atoms with Crippen LogP contribution in [-0.4, -0.2) is 24.4 Å². The predicted molar refractivity (Wildman–Crippen MR) is 104 cm³/mol.